The Labute approximate surface area is 178 Å². The van der Waals surface area contributed by atoms with E-state index in [-0.39, 0.29) is 23.0 Å². The highest BCUT2D eigenvalue weighted by Gasteiger charge is 2.34. The summed E-state index contributed by atoms with van der Waals surface area (Å²) in [5, 5.41) is 2.41. The van der Waals surface area contributed by atoms with Crippen molar-refractivity contribution in [2.45, 2.75) is 24.7 Å². The van der Waals surface area contributed by atoms with E-state index < -0.39 is 39.2 Å². The van der Waals surface area contributed by atoms with Crippen LogP contribution in [-0.2, 0) is 14.8 Å². The topological polar surface area (TPSA) is 75.7 Å². The summed E-state index contributed by atoms with van der Waals surface area (Å²) in [7, 11) is -3.91. The summed E-state index contributed by atoms with van der Waals surface area (Å²) < 4.78 is 60.2. The van der Waals surface area contributed by atoms with Crippen molar-refractivity contribution in [3.05, 3.63) is 53.1 Å². The zero-order valence-electron chi connectivity index (χ0n) is 16.2. The molecule has 0 spiro atoms. The third kappa shape index (κ3) is 4.74. The Bertz CT molecular complexity index is 1030. The predicted molar refractivity (Wildman–Crippen MR) is 109 cm³/mol. The van der Waals surface area contributed by atoms with Crippen LogP contribution in [-0.4, -0.2) is 38.3 Å². The van der Waals surface area contributed by atoms with E-state index in [1.54, 1.807) is 6.92 Å². The Morgan fingerprint density at radius 1 is 1.27 bits per heavy atom. The summed E-state index contributed by atoms with van der Waals surface area (Å²) in [6.07, 6.45) is 0.833. The Morgan fingerprint density at radius 2 is 1.97 bits per heavy atom. The summed E-state index contributed by atoms with van der Waals surface area (Å²) in [5.74, 6) is -2.80. The van der Waals surface area contributed by atoms with E-state index in [0.29, 0.717) is 25.2 Å². The Morgan fingerprint density at radius 3 is 2.60 bits per heavy atom. The number of ether oxygens (including phenoxy) is 1. The van der Waals surface area contributed by atoms with E-state index in [9.17, 15) is 22.0 Å². The lowest BCUT2D eigenvalue weighted by atomic mass is 9.98. The smallest absolute Gasteiger partial charge is 0.243 e. The number of anilines is 1. The Balaban J connectivity index is 1.76. The van der Waals surface area contributed by atoms with Gasteiger partial charge in [-0.25, -0.2) is 17.2 Å². The van der Waals surface area contributed by atoms with E-state index in [0.717, 1.165) is 12.1 Å². The maximum Gasteiger partial charge on any atom is 0.243 e. The summed E-state index contributed by atoms with van der Waals surface area (Å²) in [5.41, 5.74) is -0.541. The van der Waals surface area contributed by atoms with Crippen LogP contribution in [0.4, 0.5) is 14.5 Å². The second kappa shape index (κ2) is 9.28. The van der Waals surface area contributed by atoms with Crippen LogP contribution in [0.15, 0.2) is 41.3 Å². The van der Waals surface area contributed by atoms with Gasteiger partial charge in [0.2, 0.25) is 15.9 Å². The Hall–Kier alpha value is -2.23. The van der Waals surface area contributed by atoms with Crippen LogP contribution in [0.5, 0.6) is 5.75 Å². The molecule has 10 heteroatoms. The lowest BCUT2D eigenvalue weighted by Gasteiger charge is -2.31. The quantitative estimate of drug-likeness (QED) is 0.708. The molecule has 1 aliphatic rings. The Kier molecular flexibility index (Phi) is 6.95. The molecule has 2 aromatic carbocycles. The van der Waals surface area contributed by atoms with Crippen molar-refractivity contribution in [1.29, 1.82) is 0 Å². The van der Waals surface area contributed by atoms with E-state index in [4.69, 9.17) is 16.3 Å². The minimum absolute atomic E-state index is 0.0165. The first-order chi connectivity index (χ1) is 14.2. The predicted octanol–water partition coefficient (Wildman–Crippen LogP) is 4.06. The van der Waals surface area contributed by atoms with Crippen molar-refractivity contribution in [1.82, 2.24) is 4.31 Å². The van der Waals surface area contributed by atoms with Crippen molar-refractivity contribution in [3.63, 3.8) is 0 Å². The standard InChI is InChI=1S/C20H21ClF2N2O4S/c1-2-29-18-9-8-14(11-15(18)21)30(27,28)25-10-4-5-13(12-25)20(26)24-19-16(22)6-3-7-17(19)23/h3,6-9,11,13H,2,4-5,10,12H2,1H3,(H,24,26)/t13-/m1/s1. The normalized spacial score (nSPS) is 17.5. The number of piperidine rings is 1. The molecule has 1 saturated heterocycles. The molecule has 0 bridgehead atoms. The van der Waals surface area contributed by atoms with Crippen LogP contribution in [0.1, 0.15) is 19.8 Å². The first-order valence-electron chi connectivity index (χ1n) is 9.41. The molecule has 1 fully saturated rings. The van der Waals surface area contributed by atoms with Crippen LogP contribution >= 0.6 is 11.6 Å². The molecule has 1 atom stereocenters. The molecule has 162 valence electrons. The van der Waals surface area contributed by atoms with Gasteiger partial charge in [0.05, 0.1) is 22.4 Å². The number of carbonyl (C=O) groups excluding carboxylic acids is 1. The van der Waals surface area contributed by atoms with Crippen LogP contribution in [0.2, 0.25) is 5.02 Å². The van der Waals surface area contributed by atoms with Crippen LogP contribution in [0, 0.1) is 17.6 Å². The van der Waals surface area contributed by atoms with E-state index in [1.165, 1.54) is 28.6 Å². The average Bonchev–Trinajstić information content (AvgIpc) is 2.72. The van der Waals surface area contributed by atoms with Crippen molar-refractivity contribution < 1.29 is 26.7 Å². The molecule has 1 N–H and O–H groups in total. The number of halogens is 3. The summed E-state index contributed by atoms with van der Waals surface area (Å²) in [4.78, 5) is 12.5. The van der Waals surface area contributed by atoms with E-state index in [2.05, 4.69) is 5.32 Å². The number of nitrogens with one attached hydrogen (secondary N) is 1. The highest BCUT2D eigenvalue weighted by Crippen LogP contribution is 2.31. The van der Waals surface area contributed by atoms with Gasteiger partial charge in [-0.2, -0.15) is 4.31 Å². The number of nitrogens with zero attached hydrogens (tertiary/aromatic N) is 1. The van der Waals surface area contributed by atoms with Crippen LogP contribution < -0.4 is 10.1 Å². The van der Waals surface area contributed by atoms with Gasteiger partial charge in [-0.15, -0.1) is 0 Å². The number of benzene rings is 2. The van der Waals surface area contributed by atoms with Gasteiger partial charge >= 0.3 is 0 Å². The number of rotatable bonds is 6. The number of hydrogen-bond acceptors (Lipinski definition) is 4. The van der Waals surface area contributed by atoms with Gasteiger partial charge in [0, 0.05) is 13.1 Å². The summed E-state index contributed by atoms with van der Waals surface area (Å²) >= 11 is 6.11. The maximum atomic E-state index is 13.8. The minimum atomic E-state index is -3.91. The molecule has 0 aliphatic carbocycles. The van der Waals surface area contributed by atoms with E-state index in [1.807, 2.05) is 0 Å². The molecule has 3 rings (SSSR count). The molecule has 6 nitrogen and oxygen atoms in total. The molecular formula is C20H21ClF2N2O4S. The molecule has 0 aromatic heterocycles. The fourth-order valence-electron chi connectivity index (χ4n) is 3.28. The highest BCUT2D eigenvalue weighted by molar-refractivity contribution is 7.89. The SMILES string of the molecule is CCOc1ccc(S(=O)(=O)N2CCC[C@@H](C(=O)Nc3c(F)cccc3F)C2)cc1Cl. The number of hydrogen-bond donors (Lipinski definition) is 1. The molecular weight excluding hydrogens is 438 g/mol. The molecule has 1 aliphatic heterocycles. The van der Waals surface area contributed by atoms with Gasteiger partial charge in [-0.3, -0.25) is 4.79 Å². The lowest BCUT2D eigenvalue weighted by Crippen LogP contribution is -2.43. The van der Waals surface area contributed by atoms with Crippen LogP contribution in [0.25, 0.3) is 0 Å². The third-order valence-corrected chi connectivity index (χ3v) is 6.96. The first-order valence-corrected chi connectivity index (χ1v) is 11.2. The third-order valence-electron chi connectivity index (χ3n) is 4.81. The number of carbonyl (C=O) groups is 1. The second-order valence-electron chi connectivity index (χ2n) is 6.81. The van der Waals surface area contributed by atoms with Gasteiger partial charge in [-0.1, -0.05) is 17.7 Å². The fraction of sp³-hybridized carbons (Fsp3) is 0.350. The van der Waals surface area contributed by atoms with Gasteiger partial charge in [0.25, 0.3) is 0 Å². The molecule has 0 unspecified atom stereocenters. The van der Waals surface area contributed by atoms with Gasteiger partial charge in [0.15, 0.2) is 0 Å². The molecule has 30 heavy (non-hydrogen) atoms. The molecule has 0 saturated carbocycles. The van der Waals surface area contributed by atoms with Crippen molar-refractivity contribution in [2.24, 2.45) is 5.92 Å². The fourth-order valence-corrected chi connectivity index (χ4v) is 5.13. The zero-order chi connectivity index (χ0) is 21.9. The van der Waals surface area contributed by atoms with Gasteiger partial charge in [0.1, 0.15) is 23.1 Å². The minimum Gasteiger partial charge on any atom is -0.492 e. The second-order valence-corrected chi connectivity index (χ2v) is 9.16. The number of para-hydroxylation sites is 1. The molecule has 1 amide bonds. The molecule has 0 radical (unpaired) electrons. The van der Waals surface area contributed by atoms with Gasteiger partial charge < -0.3 is 10.1 Å². The summed E-state index contributed by atoms with van der Waals surface area (Å²) in [6.45, 7) is 2.30. The zero-order valence-corrected chi connectivity index (χ0v) is 17.8. The van der Waals surface area contributed by atoms with E-state index >= 15 is 0 Å². The molecule has 1 heterocycles. The van der Waals surface area contributed by atoms with Crippen LogP contribution in [0.3, 0.4) is 0 Å². The first kappa shape index (κ1) is 22.5. The average molecular weight is 459 g/mol. The monoisotopic (exact) mass is 458 g/mol. The van der Waals surface area contributed by atoms with Crippen molar-refractivity contribution in [3.8, 4) is 5.75 Å². The molecule has 2 aromatic rings. The number of amides is 1. The summed E-state index contributed by atoms with van der Waals surface area (Å²) in [6, 6.07) is 7.44. The maximum absolute atomic E-state index is 13.8. The highest BCUT2D eigenvalue weighted by atomic mass is 35.5. The lowest BCUT2D eigenvalue weighted by molar-refractivity contribution is -0.120. The van der Waals surface area contributed by atoms with Gasteiger partial charge in [-0.05, 0) is 50.1 Å². The number of sulfonamides is 1. The van der Waals surface area contributed by atoms with Crippen molar-refractivity contribution in [2.75, 3.05) is 25.0 Å². The largest absolute Gasteiger partial charge is 0.492 e. The van der Waals surface area contributed by atoms with Crippen molar-refractivity contribution >= 4 is 33.2 Å².